The minimum atomic E-state index is -0.257. The number of nitrogens with zero attached hydrogens (tertiary/aromatic N) is 6. The van der Waals surface area contributed by atoms with Gasteiger partial charge < -0.3 is 15.4 Å². The van der Waals surface area contributed by atoms with Crippen LogP contribution in [0.2, 0.25) is 5.02 Å². The Morgan fingerprint density at radius 1 is 1.07 bits per heavy atom. The molecule has 0 bridgehead atoms. The minimum absolute atomic E-state index is 0.170. The summed E-state index contributed by atoms with van der Waals surface area (Å²) in [5.74, 6) is 0.469. The summed E-state index contributed by atoms with van der Waals surface area (Å²) in [6.45, 7) is 12.7. The van der Waals surface area contributed by atoms with E-state index in [9.17, 15) is 5.26 Å². The topological polar surface area (TPSA) is 104 Å². The fraction of sp³-hybridized carbons (Fsp3) is 0.500. The number of fused-ring (bicyclic) bond motifs is 1. The van der Waals surface area contributed by atoms with Crippen LogP contribution in [-0.2, 0) is 4.74 Å². The van der Waals surface area contributed by atoms with E-state index in [-0.39, 0.29) is 17.6 Å². The molecule has 0 saturated carbocycles. The lowest BCUT2D eigenvalue weighted by Gasteiger charge is -2.40. The zero-order chi connectivity index (χ0) is 32.3. The van der Waals surface area contributed by atoms with Gasteiger partial charge in [-0.2, -0.15) is 5.26 Å². The second-order valence-corrected chi connectivity index (χ2v) is 14.0. The predicted octanol–water partition coefficient (Wildman–Crippen LogP) is 7.61. The number of nitrogens with one attached hydrogen (secondary N) is 2. The van der Waals surface area contributed by atoms with Gasteiger partial charge in [0.2, 0.25) is 0 Å². The van der Waals surface area contributed by atoms with Gasteiger partial charge in [-0.25, -0.2) is 4.68 Å². The Labute approximate surface area is 277 Å². The Morgan fingerprint density at radius 2 is 1.80 bits per heavy atom. The van der Waals surface area contributed by atoms with E-state index in [1.54, 1.807) is 6.20 Å². The monoisotopic (exact) mass is 640 g/mol. The number of halogens is 1. The van der Waals surface area contributed by atoms with Crippen LogP contribution in [0.3, 0.4) is 0 Å². The first-order chi connectivity index (χ1) is 22.2. The van der Waals surface area contributed by atoms with Crippen LogP contribution in [0.5, 0.6) is 0 Å². The number of hydrogen-bond donors (Lipinski definition) is 2. The second-order valence-electron chi connectivity index (χ2n) is 13.6. The van der Waals surface area contributed by atoms with Gasteiger partial charge in [-0.15, -0.1) is 5.10 Å². The number of pyridine rings is 1. The van der Waals surface area contributed by atoms with Gasteiger partial charge >= 0.3 is 0 Å². The van der Waals surface area contributed by atoms with Crippen molar-refractivity contribution in [2.45, 2.75) is 83.5 Å². The van der Waals surface area contributed by atoms with Crippen molar-refractivity contribution in [1.82, 2.24) is 24.9 Å². The Morgan fingerprint density at radius 3 is 2.48 bits per heavy atom. The van der Waals surface area contributed by atoms with Crippen LogP contribution < -0.4 is 10.6 Å². The van der Waals surface area contributed by atoms with Crippen molar-refractivity contribution in [3.05, 3.63) is 76.7 Å². The van der Waals surface area contributed by atoms with Gasteiger partial charge in [0.25, 0.3) is 0 Å². The van der Waals surface area contributed by atoms with Crippen LogP contribution in [0.1, 0.15) is 88.7 Å². The molecule has 0 amide bonds. The van der Waals surface area contributed by atoms with Crippen LogP contribution >= 0.6 is 11.6 Å². The Balaban J connectivity index is 1.32. The van der Waals surface area contributed by atoms with E-state index < -0.39 is 0 Å². The fourth-order valence-electron chi connectivity index (χ4n) is 6.98. The quantitative estimate of drug-likeness (QED) is 0.193. The van der Waals surface area contributed by atoms with Gasteiger partial charge in [-0.3, -0.25) is 9.88 Å². The molecule has 46 heavy (non-hydrogen) atoms. The normalized spacial score (nSPS) is 18.3. The number of anilines is 2. The van der Waals surface area contributed by atoms with E-state index in [0.717, 1.165) is 86.4 Å². The van der Waals surface area contributed by atoms with E-state index in [0.29, 0.717) is 28.1 Å². The van der Waals surface area contributed by atoms with Gasteiger partial charge in [-0.1, -0.05) is 54.1 Å². The van der Waals surface area contributed by atoms with Crippen molar-refractivity contribution in [2.24, 2.45) is 5.92 Å². The van der Waals surface area contributed by atoms with E-state index in [1.165, 1.54) is 0 Å². The molecule has 2 N–H and O–H groups in total. The summed E-state index contributed by atoms with van der Waals surface area (Å²) in [5.41, 5.74) is 4.85. The molecule has 0 radical (unpaired) electrons. The number of aromatic nitrogens is 4. The standard InChI is InChI=1S/C36H45ClN8O/c1-5-31(24-13-17-46-18-14-24)41-33-26(21-38)22-39-35-29(33)19-27(20-30(35)37)40-34(25-9-7-6-8-10-25)32-23-45(43-42-32)28-11-15-44(16-12-28)36(2,3)4/h6-10,19-20,22-24,28,31,34,40H,5,11-18H2,1-4H3,(H,39,41). The van der Waals surface area contributed by atoms with Crippen LogP contribution in [0, 0.1) is 17.2 Å². The Kier molecular flexibility index (Phi) is 9.78. The Bertz CT molecular complexity index is 1660. The zero-order valence-electron chi connectivity index (χ0n) is 27.3. The molecule has 2 atom stereocenters. The molecular formula is C36H45ClN8O. The first-order valence-corrected chi connectivity index (χ1v) is 17.0. The molecule has 242 valence electrons. The molecule has 2 fully saturated rings. The molecule has 4 aromatic rings. The van der Waals surface area contributed by atoms with Crippen molar-refractivity contribution >= 4 is 33.9 Å². The van der Waals surface area contributed by atoms with Gasteiger partial charge in [0, 0.05) is 55.2 Å². The summed E-state index contributed by atoms with van der Waals surface area (Å²) in [5, 5.41) is 28.2. The smallest absolute Gasteiger partial charge is 0.109 e. The Hall–Kier alpha value is -3.71. The lowest BCUT2D eigenvalue weighted by molar-refractivity contribution is 0.0602. The van der Waals surface area contributed by atoms with Crippen LogP contribution in [-0.4, -0.2) is 62.8 Å². The lowest BCUT2D eigenvalue weighted by atomic mass is 9.89. The zero-order valence-corrected chi connectivity index (χ0v) is 28.1. The highest BCUT2D eigenvalue weighted by Crippen LogP contribution is 2.37. The number of ether oxygens (including phenoxy) is 1. The maximum Gasteiger partial charge on any atom is 0.109 e. The molecule has 2 saturated heterocycles. The largest absolute Gasteiger partial charge is 0.381 e. The number of rotatable bonds is 9. The molecule has 2 aromatic carbocycles. The van der Waals surface area contributed by atoms with Crippen LogP contribution in [0.25, 0.3) is 10.9 Å². The van der Waals surface area contributed by atoms with E-state index >= 15 is 0 Å². The minimum Gasteiger partial charge on any atom is -0.381 e. The number of benzene rings is 2. The molecule has 4 heterocycles. The first-order valence-electron chi connectivity index (χ1n) is 16.6. The molecule has 2 unspecified atom stereocenters. The first kappa shape index (κ1) is 32.2. The van der Waals surface area contributed by atoms with Gasteiger partial charge in [-0.05, 0) is 76.5 Å². The molecule has 9 nitrogen and oxygen atoms in total. The summed E-state index contributed by atoms with van der Waals surface area (Å²) in [6.07, 6.45) is 8.73. The van der Waals surface area contributed by atoms with Crippen molar-refractivity contribution in [2.75, 3.05) is 36.9 Å². The second kappa shape index (κ2) is 14.0. The lowest BCUT2D eigenvalue weighted by Crippen LogP contribution is -2.46. The van der Waals surface area contributed by atoms with E-state index in [2.05, 4.69) is 89.0 Å². The molecule has 0 spiro atoms. The number of likely N-dealkylation sites (tertiary alicyclic amines) is 1. The van der Waals surface area contributed by atoms with Crippen LogP contribution in [0.15, 0.2) is 54.9 Å². The van der Waals surface area contributed by atoms with Crippen molar-refractivity contribution in [3.63, 3.8) is 0 Å². The highest BCUT2D eigenvalue weighted by Gasteiger charge is 2.29. The summed E-state index contributed by atoms with van der Waals surface area (Å²) in [4.78, 5) is 7.14. The summed E-state index contributed by atoms with van der Waals surface area (Å²) < 4.78 is 7.67. The molecule has 2 aliphatic rings. The SMILES string of the molecule is CCC(Nc1c(C#N)cnc2c(Cl)cc(NC(c3ccccc3)c3cn(C4CCN(C(C)(C)C)CC4)nn3)cc12)C1CCOCC1. The highest BCUT2D eigenvalue weighted by molar-refractivity contribution is 6.35. The molecule has 6 rings (SSSR count). The average Bonchev–Trinajstić information content (AvgIpc) is 3.56. The van der Waals surface area contributed by atoms with Crippen molar-refractivity contribution in [1.29, 1.82) is 5.26 Å². The van der Waals surface area contributed by atoms with Crippen LogP contribution in [0.4, 0.5) is 11.4 Å². The number of nitriles is 1. The molecule has 0 aliphatic carbocycles. The van der Waals surface area contributed by atoms with Gasteiger partial charge in [0.15, 0.2) is 0 Å². The molecule has 10 heteroatoms. The summed E-state index contributed by atoms with van der Waals surface area (Å²) in [6, 6.07) is 16.9. The highest BCUT2D eigenvalue weighted by atomic mass is 35.5. The maximum atomic E-state index is 10.1. The number of piperidine rings is 1. The van der Waals surface area contributed by atoms with E-state index in [4.69, 9.17) is 16.3 Å². The number of hydrogen-bond acceptors (Lipinski definition) is 8. The average molecular weight is 641 g/mol. The summed E-state index contributed by atoms with van der Waals surface area (Å²) in [7, 11) is 0. The van der Waals surface area contributed by atoms with Gasteiger partial charge in [0.1, 0.15) is 11.8 Å². The molecular weight excluding hydrogens is 596 g/mol. The molecule has 2 aromatic heterocycles. The predicted molar refractivity (Wildman–Crippen MR) is 184 cm³/mol. The fourth-order valence-corrected chi connectivity index (χ4v) is 7.25. The van der Waals surface area contributed by atoms with Crippen molar-refractivity contribution < 1.29 is 4.74 Å². The third-order valence-corrected chi connectivity index (χ3v) is 9.99. The van der Waals surface area contributed by atoms with Gasteiger partial charge in [0.05, 0.1) is 40.1 Å². The maximum absolute atomic E-state index is 10.1. The third-order valence-electron chi connectivity index (χ3n) is 9.70. The summed E-state index contributed by atoms with van der Waals surface area (Å²) >= 11 is 6.91. The van der Waals surface area contributed by atoms with Crippen molar-refractivity contribution in [3.8, 4) is 6.07 Å². The molecule has 2 aliphatic heterocycles. The van der Waals surface area contributed by atoms with E-state index in [1.807, 2.05) is 28.9 Å². The third kappa shape index (κ3) is 7.00.